The third-order valence-electron chi connectivity index (χ3n) is 3.50. The topological polar surface area (TPSA) is 56.0 Å². The van der Waals surface area contributed by atoms with Crippen molar-refractivity contribution in [3.63, 3.8) is 0 Å². The lowest BCUT2D eigenvalue weighted by atomic mass is 10.1. The number of rotatable bonds is 2. The van der Waals surface area contributed by atoms with E-state index in [1.807, 2.05) is 42.6 Å². The Hall–Kier alpha value is -2.05. The third-order valence-corrected chi connectivity index (χ3v) is 4.67. The predicted octanol–water partition coefficient (Wildman–Crippen LogP) is 3.93. The summed E-state index contributed by atoms with van der Waals surface area (Å²) in [5.41, 5.74) is 2.90. The minimum atomic E-state index is 0.691. The second-order valence-corrected chi connectivity index (χ2v) is 6.44. The van der Waals surface area contributed by atoms with Crippen LogP contribution in [0.3, 0.4) is 0 Å². The zero-order chi connectivity index (χ0) is 15.3. The molecule has 0 aliphatic heterocycles. The number of halogens is 1. The van der Waals surface area contributed by atoms with Crippen LogP contribution in [0.1, 0.15) is 18.4 Å². The standard InChI is InChI=1S/C15H12ClN5S/c1-3-13-18-19-15-21(13)20-14(22-15)11-6-8(2)17-12-5-4-9(16)7-10(11)12/h4-7H,3H2,1-2H3. The summed E-state index contributed by atoms with van der Waals surface area (Å²) >= 11 is 7.67. The average Bonchev–Trinajstić information content (AvgIpc) is 3.06. The first-order chi connectivity index (χ1) is 10.7. The van der Waals surface area contributed by atoms with Gasteiger partial charge in [0.25, 0.3) is 0 Å². The summed E-state index contributed by atoms with van der Waals surface area (Å²) in [5, 5.41) is 15.6. The van der Waals surface area contributed by atoms with Crippen LogP contribution in [0.2, 0.25) is 5.02 Å². The van der Waals surface area contributed by atoms with E-state index in [1.165, 1.54) is 11.3 Å². The molecule has 3 aromatic heterocycles. The summed E-state index contributed by atoms with van der Waals surface area (Å²) in [6.45, 7) is 4.02. The molecule has 110 valence electrons. The van der Waals surface area contributed by atoms with Gasteiger partial charge in [0.2, 0.25) is 4.96 Å². The van der Waals surface area contributed by atoms with Crippen LogP contribution < -0.4 is 0 Å². The molecule has 0 N–H and O–H groups in total. The van der Waals surface area contributed by atoms with Gasteiger partial charge in [-0.25, -0.2) is 0 Å². The molecule has 22 heavy (non-hydrogen) atoms. The molecule has 7 heteroatoms. The molecule has 0 radical (unpaired) electrons. The number of hydrogen-bond acceptors (Lipinski definition) is 5. The van der Waals surface area contributed by atoms with E-state index in [1.54, 1.807) is 0 Å². The highest BCUT2D eigenvalue weighted by atomic mass is 35.5. The van der Waals surface area contributed by atoms with Crippen LogP contribution in [0.5, 0.6) is 0 Å². The second kappa shape index (κ2) is 5.00. The number of pyridine rings is 1. The van der Waals surface area contributed by atoms with Crippen molar-refractivity contribution < 1.29 is 0 Å². The zero-order valence-electron chi connectivity index (χ0n) is 12.0. The van der Waals surface area contributed by atoms with Crippen molar-refractivity contribution in [1.82, 2.24) is 24.8 Å². The van der Waals surface area contributed by atoms with Crippen LogP contribution in [0.15, 0.2) is 24.3 Å². The maximum atomic E-state index is 6.15. The van der Waals surface area contributed by atoms with E-state index in [0.29, 0.717) is 5.02 Å². The van der Waals surface area contributed by atoms with Crippen molar-refractivity contribution in [2.75, 3.05) is 0 Å². The highest BCUT2D eigenvalue weighted by molar-refractivity contribution is 7.19. The lowest BCUT2D eigenvalue weighted by Gasteiger charge is -2.05. The Kier molecular flexibility index (Phi) is 3.09. The number of nitrogens with zero attached hydrogens (tertiary/aromatic N) is 5. The first kappa shape index (κ1) is 13.6. The maximum Gasteiger partial charge on any atom is 0.234 e. The molecule has 0 atom stereocenters. The summed E-state index contributed by atoms with van der Waals surface area (Å²) < 4.78 is 1.81. The highest BCUT2D eigenvalue weighted by Crippen LogP contribution is 2.33. The van der Waals surface area contributed by atoms with Gasteiger partial charge in [0.05, 0.1) is 5.52 Å². The predicted molar refractivity (Wildman–Crippen MR) is 88.5 cm³/mol. The molecule has 0 bridgehead atoms. The van der Waals surface area contributed by atoms with Gasteiger partial charge in [-0.1, -0.05) is 29.9 Å². The molecular weight excluding hydrogens is 318 g/mol. The molecule has 4 rings (SSSR count). The Bertz CT molecular complexity index is 1000. The fraction of sp³-hybridized carbons (Fsp3) is 0.200. The monoisotopic (exact) mass is 329 g/mol. The van der Waals surface area contributed by atoms with Crippen LogP contribution in [-0.4, -0.2) is 24.8 Å². The van der Waals surface area contributed by atoms with Gasteiger partial charge >= 0.3 is 0 Å². The van der Waals surface area contributed by atoms with Gasteiger partial charge in [-0.2, -0.15) is 9.61 Å². The summed E-state index contributed by atoms with van der Waals surface area (Å²) in [6.07, 6.45) is 0.798. The van der Waals surface area contributed by atoms with Gasteiger partial charge < -0.3 is 0 Å². The van der Waals surface area contributed by atoms with Gasteiger partial charge in [0.1, 0.15) is 5.01 Å². The molecule has 0 fully saturated rings. The van der Waals surface area contributed by atoms with Crippen LogP contribution in [0.4, 0.5) is 0 Å². The minimum Gasteiger partial charge on any atom is -0.253 e. The Balaban J connectivity index is 2.02. The van der Waals surface area contributed by atoms with Gasteiger partial charge in [-0.05, 0) is 31.2 Å². The summed E-state index contributed by atoms with van der Waals surface area (Å²) in [5.74, 6) is 0.866. The second-order valence-electron chi connectivity index (χ2n) is 5.04. The Morgan fingerprint density at radius 1 is 1.23 bits per heavy atom. The summed E-state index contributed by atoms with van der Waals surface area (Å²) in [4.78, 5) is 5.36. The van der Waals surface area contributed by atoms with Crippen LogP contribution in [0, 0.1) is 6.92 Å². The lowest BCUT2D eigenvalue weighted by Crippen LogP contribution is -1.94. The molecule has 0 spiro atoms. The van der Waals surface area contributed by atoms with Gasteiger partial charge in [-0.15, -0.1) is 10.2 Å². The molecule has 0 aliphatic carbocycles. The molecule has 3 heterocycles. The summed E-state index contributed by atoms with van der Waals surface area (Å²) in [7, 11) is 0. The highest BCUT2D eigenvalue weighted by Gasteiger charge is 2.15. The van der Waals surface area contributed by atoms with E-state index < -0.39 is 0 Å². The van der Waals surface area contributed by atoms with E-state index in [-0.39, 0.29) is 0 Å². The molecule has 0 unspecified atom stereocenters. The molecule has 0 aliphatic rings. The first-order valence-electron chi connectivity index (χ1n) is 6.94. The van der Waals surface area contributed by atoms with E-state index in [0.717, 1.165) is 44.4 Å². The smallest absolute Gasteiger partial charge is 0.234 e. The van der Waals surface area contributed by atoms with Crippen molar-refractivity contribution in [3.8, 4) is 10.6 Å². The van der Waals surface area contributed by atoms with Crippen molar-refractivity contribution in [1.29, 1.82) is 0 Å². The molecule has 0 amide bonds. The Morgan fingerprint density at radius 3 is 2.91 bits per heavy atom. The van der Waals surface area contributed by atoms with Crippen LogP contribution >= 0.6 is 22.9 Å². The fourth-order valence-electron chi connectivity index (χ4n) is 2.49. The van der Waals surface area contributed by atoms with Crippen LogP contribution in [0.25, 0.3) is 26.4 Å². The molecule has 4 aromatic rings. The van der Waals surface area contributed by atoms with Gasteiger partial charge in [0.15, 0.2) is 5.82 Å². The van der Waals surface area contributed by atoms with Crippen LogP contribution in [-0.2, 0) is 6.42 Å². The zero-order valence-corrected chi connectivity index (χ0v) is 13.6. The number of hydrogen-bond donors (Lipinski definition) is 0. The number of fused-ring (bicyclic) bond motifs is 2. The SMILES string of the molecule is CCc1nnc2sc(-c3cc(C)nc4ccc(Cl)cc34)nn12. The number of aryl methyl sites for hydroxylation is 2. The first-order valence-corrected chi connectivity index (χ1v) is 8.13. The quantitative estimate of drug-likeness (QED) is 0.559. The average molecular weight is 330 g/mol. The minimum absolute atomic E-state index is 0.691. The molecule has 0 saturated carbocycles. The molecule has 5 nitrogen and oxygen atoms in total. The molecule has 1 aromatic carbocycles. The lowest BCUT2D eigenvalue weighted by molar-refractivity contribution is 0.838. The Morgan fingerprint density at radius 2 is 2.09 bits per heavy atom. The largest absolute Gasteiger partial charge is 0.253 e. The van der Waals surface area contributed by atoms with E-state index in [4.69, 9.17) is 11.6 Å². The van der Waals surface area contributed by atoms with Crippen molar-refractivity contribution in [2.45, 2.75) is 20.3 Å². The fourth-order valence-corrected chi connectivity index (χ4v) is 3.55. The van der Waals surface area contributed by atoms with E-state index in [9.17, 15) is 0 Å². The van der Waals surface area contributed by atoms with Gasteiger partial charge in [-0.3, -0.25) is 4.98 Å². The Labute approximate surface area is 135 Å². The van der Waals surface area contributed by atoms with Crippen molar-refractivity contribution >= 4 is 38.8 Å². The number of aromatic nitrogens is 5. The number of benzene rings is 1. The maximum absolute atomic E-state index is 6.15. The third kappa shape index (κ3) is 2.07. The van der Waals surface area contributed by atoms with Crippen molar-refractivity contribution in [3.05, 3.63) is 40.8 Å². The van der Waals surface area contributed by atoms with Gasteiger partial charge in [0, 0.05) is 28.1 Å². The van der Waals surface area contributed by atoms with E-state index in [2.05, 4.69) is 20.3 Å². The normalized spacial score (nSPS) is 11.6. The summed E-state index contributed by atoms with van der Waals surface area (Å²) in [6, 6.07) is 7.76. The molecule has 0 saturated heterocycles. The van der Waals surface area contributed by atoms with E-state index >= 15 is 0 Å². The molecular formula is C15H12ClN5S. The van der Waals surface area contributed by atoms with Crippen molar-refractivity contribution in [2.24, 2.45) is 0 Å².